The van der Waals surface area contributed by atoms with Crippen molar-refractivity contribution in [2.45, 2.75) is 58.9 Å². The van der Waals surface area contributed by atoms with Gasteiger partial charge in [-0.1, -0.05) is 33.1 Å². The van der Waals surface area contributed by atoms with Gasteiger partial charge in [-0.05, 0) is 12.8 Å². The molecule has 1 saturated carbocycles. The Balaban J connectivity index is 0. The molecule has 0 atom stereocenters. The fourth-order valence-corrected chi connectivity index (χ4v) is 1.63. The number of rotatable bonds is 2. The lowest BCUT2D eigenvalue weighted by atomic mass is 9.96. The third-order valence-electron chi connectivity index (χ3n) is 2.88. The van der Waals surface area contributed by atoms with E-state index in [1.165, 1.54) is 33.3 Å². The van der Waals surface area contributed by atoms with Crippen LogP contribution >= 0.6 is 0 Å². The van der Waals surface area contributed by atoms with E-state index in [4.69, 9.17) is 0 Å². The molecule has 0 radical (unpaired) electrons. The molecule has 1 fully saturated rings. The van der Waals surface area contributed by atoms with E-state index in [9.17, 15) is 9.59 Å². The summed E-state index contributed by atoms with van der Waals surface area (Å²) in [6.07, 6.45) is 6.14. The Bertz CT molecular complexity index is 254. The van der Waals surface area contributed by atoms with Crippen LogP contribution in [-0.2, 0) is 9.63 Å². The summed E-state index contributed by atoms with van der Waals surface area (Å²) in [6.45, 7) is 5.43. The van der Waals surface area contributed by atoms with Gasteiger partial charge in [0.25, 0.3) is 0 Å². The predicted molar refractivity (Wildman–Crippen MR) is 81.3 cm³/mol. The lowest BCUT2D eigenvalue weighted by Crippen LogP contribution is -2.41. The Labute approximate surface area is 123 Å². The maximum absolute atomic E-state index is 10.9. The smallest absolute Gasteiger partial charge is 0.314 e. The van der Waals surface area contributed by atoms with E-state index in [2.05, 4.69) is 15.5 Å². The molecule has 0 unspecified atom stereocenters. The van der Waals surface area contributed by atoms with Crippen LogP contribution in [0.4, 0.5) is 4.79 Å². The number of hydrogen-bond acceptors (Lipinski definition) is 3. The number of hydrogen-bond donors (Lipinski definition) is 2. The van der Waals surface area contributed by atoms with E-state index in [1.54, 1.807) is 14.1 Å². The van der Waals surface area contributed by atoms with Crippen molar-refractivity contribution in [1.82, 2.24) is 15.7 Å². The van der Waals surface area contributed by atoms with Gasteiger partial charge in [0.2, 0.25) is 5.91 Å². The molecule has 3 amide bonds. The highest BCUT2D eigenvalue weighted by atomic mass is 16.7. The van der Waals surface area contributed by atoms with Crippen molar-refractivity contribution in [3.8, 4) is 0 Å². The van der Waals surface area contributed by atoms with Gasteiger partial charge in [-0.15, -0.1) is 0 Å². The molecule has 0 saturated heterocycles. The first-order valence-corrected chi connectivity index (χ1v) is 7.28. The van der Waals surface area contributed by atoms with Crippen LogP contribution in [0.5, 0.6) is 0 Å². The maximum Gasteiger partial charge on any atom is 0.314 e. The van der Waals surface area contributed by atoms with E-state index in [1.807, 2.05) is 13.8 Å². The number of nitrogens with zero attached hydrogens (tertiary/aromatic N) is 1. The van der Waals surface area contributed by atoms with Crippen LogP contribution in [0.2, 0.25) is 0 Å². The molecule has 0 aromatic carbocycles. The van der Waals surface area contributed by atoms with Crippen LogP contribution in [-0.4, -0.2) is 44.2 Å². The summed E-state index contributed by atoms with van der Waals surface area (Å²) in [5.74, 6) is -0.0949. The van der Waals surface area contributed by atoms with Gasteiger partial charge in [0, 0.05) is 27.1 Å². The largest absolute Gasteiger partial charge is 0.341 e. The molecular formula is C14H31N3O3. The molecule has 20 heavy (non-hydrogen) atoms. The summed E-state index contributed by atoms with van der Waals surface area (Å²) in [7, 11) is 4.65. The minimum atomic E-state index is -0.0949. The number of amides is 3. The zero-order valence-corrected chi connectivity index (χ0v) is 13.8. The van der Waals surface area contributed by atoms with E-state index < -0.39 is 0 Å². The van der Waals surface area contributed by atoms with Gasteiger partial charge in [-0.3, -0.25) is 9.63 Å². The number of hydroxylamine groups is 2. The van der Waals surface area contributed by atoms with Crippen LogP contribution in [0.1, 0.15) is 52.9 Å². The molecule has 0 aromatic rings. The summed E-state index contributed by atoms with van der Waals surface area (Å²) in [4.78, 5) is 25.5. The fraction of sp³-hybridized carbons (Fsp3) is 0.857. The highest BCUT2D eigenvalue weighted by Crippen LogP contribution is 2.16. The standard InChI is InChI=1S/C8H16N2O.C4H9NO2.C2H6/c1-9-8(11)10-7-5-3-2-4-6-7;1-4(6)5(2)7-3;1-2/h7H,2-6H2,1H3,(H2,9,10,11);1-3H3;1-2H3. The summed E-state index contributed by atoms with van der Waals surface area (Å²) >= 11 is 0. The van der Waals surface area contributed by atoms with Crippen molar-refractivity contribution >= 4 is 11.9 Å². The molecule has 1 aliphatic carbocycles. The van der Waals surface area contributed by atoms with Crippen LogP contribution < -0.4 is 10.6 Å². The summed E-state index contributed by atoms with van der Waals surface area (Å²) in [5, 5.41) is 6.63. The fourth-order valence-electron chi connectivity index (χ4n) is 1.63. The topological polar surface area (TPSA) is 70.7 Å². The first-order chi connectivity index (χ1) is 9.51. The van der Waals surface area contributed by atoms with Gasteiger partial charge < -0.3 is 10.6 Å². The molecule has 0 heterocycles. The molecule has 0 spiro atoms. The molecule has 2 N–H and O–H groups in total. The van der Waals surface area contributed by atoms with Crippen molar-refractivity contribution in [3.05, 3.63) is 0 Å². The first-order valence-electron chi connectivity index (χ1n) is 7.28. The quantitative estimate of drug-likeness (QED) is 0.766. The monoisotopic (exact) mass is 289 g/mol. The second-order valence-corrected chi connectivity index (χ2v) is 4.26. The highest BCUT2D eigenvalue weighted by Gasteiger charge is 2.14. The van der Waals surface area contributed by atoms with Crippen LogP contribution in [0.3, 0.4) is 0 Å². The van der Waals surface area contributed by atoms with Crippen LogP contribution in [0, 0.1) is 0 Å². The second kappa shape index (κ2) is 14.1. The van der Waals surface area contributed by atoms with Gasteiger partial charge in [0.15, 0.2) is 0 Å². The third kappa shape index (κ3) is 11.8. The Morgan fingerprint density at radius 3 is 1.95 bits per heavy atom. The Morgan fingerprint density at radius 1 is 1.15 bits per heavy atom. The van der Waals surface area contributed by atoms with Gasteiger partial charge >= 0.3 is 6.03 Å². The molecule has 120 valence electrons. The zero-order chi connectivity index (χ0) is 16.0. The maximum atomic E-state index is 10.9. The molecule has 0 aliphatic heterocycles. The minimum Gasteiger partial charge on any atom is -0.341 e. The van der Waals surface area contributed by atoms with Crippen molar-refractivity contribution in [2.75, 3.05) is 21.2 Å². The van der Waals surface area contributed by atoms with E-state index in [-0.39, 0.29) is 11.9 Å². The average molecular weight is 289 g/mol. The zero-order valence-electron chi connectivity index (χ0n) is 13.8. The lowest BCUT2D eigenvalue weighted by molar-refractivity contribution is -0.165. The molecule has 6 nitrogen and oxygen atoms in total. The van der Waals surface area contributed by atoms with E-state index >= 15 is 0 Å². The van der Waals surface area contributed by atoms with Gasteiger partial charge in [0.1, 0.15) is 0 Å². The predicted octanol–water partition coefficient (Wildman–Crippen LogP) is 2.30. The molecular weight excluding hydrogens is 258 g/mol. The Morgan fingerprint density at radius 2 is 1.65 bits per heavy atom. The second-order valence-electron chi connectivity index (χ2n) is 4.26. The molecule has 1 rings (SSSR count). The Hall–Kier alpha value is -1.30. The van der Waals surface area contributed by atoms with Gasteiger partial charge in [0.05, 0.1) is 7.11 Å². The number of carbonyl (C=O) groups excluding carboxylic acids is 2. The third-order valence-corrected chi connectivity index (χ3v) is 2.88. The van der Waals surface area contributed by atoms with Gasteiger partial charge in [-0.2, -0.15) is 0 Å². The lowest BCUT2D eigenvalue weighted by Gasteiger charge is -2.22. The molecule has 1 aliphatic rings. The van der Waals surface area contributed by atoms with Crippen molar-refractivity contribution in [1.29, 1.82) is 0 Å². The number of urea groups is 1. The van der Waals surface area contributed by atoms with Crippen molar-refractivity contribution < 1.29 is 14.4 Å². The molecule has 6 heteroatoms. The first kappa shape index (κ1) is 21.0. The number of carbonyl (C=O) groups is 2. The van der Waals surface area contributed by atoms with Crippen LogP contribution in [0.15, 0.2) is 0 Å². The minimum absolute atomic E-state index is 0.0445. The number of nitrogens with one attached hydrogen (secondary N) is 2. The Kier molecular flexibility index (Phi) is 14.8. The average Bonchev–Trinajstić information content (AvgIpc) is 2.49. The molecule has 0 aromatic heterocycles. The SMILES string of the molecule is CC.CNC(=O)NC1CCCCC1.CON(C)C(C)=O. The normalized spacial score (nSPS) is 13.9. The van der Waals surface area contributed by atoms with Crippen molar-refractivity contribution in [2.24, 2.45) is 0 Å². The summed E-state index contributed by atoms with van der Waals surface area (Å²) < 4.78 is 0. The molecule has 0 bridgehead atoms. The van der Waals surface area contributed by atoms with Crippen molar-refractivity contribution in [3.63, 3.8) is 0 Å². The van der Waals surface area contributed by atoms with Crippen LogP contribution in [0.25, 0.3) is 0 Å². The van der Waals surface area contributed by atoms with E-state index in [0.29, 0.717) is 6.04 Å². The summed E-state index contributed by atoms with van der Waals surface area (Å²) in [6, 6.07) is 0.376. The highest BCUT2D eigenvalue weighted by molar-refractivity contribution is 5.73. The van der Waals surface area contributed by atoms with E-state index in [0.717, 1.165) is 17.9 Å². The summed E-state index contributed by atoms with van der Waals surface area (Å²) in [5.41, 5.74) is 0. The van der Waals surface area contributed by atoms with Gasteiger partial charge in [-0.25, -0.2) is 9.86 Å².